The molecule has 4 unspecified atom stereocenters. The normalized spacial score (nSPS) is 28.2. The van der Waals surface area contributed by atoms with Gasteiger partial charge in [-0.3, -0.25) is 4.79 Å². The largest absolute Gasteiger partial charge is 0.507 e. The lowest BCUT2D eigenvalue weighted by Gasteiger charge is -2.49. The first-order chi connectivity index (χ1) is 26.0. The highest BCUT2D eigenvalue weighted by molar-refractivity contribution is 5.92. The lowest BCUT2D eigenvalue weighted by molar-refractivity contribution is -0.162. The monoisotopic (exact) mass is 732 g/mol. The first-order valence-electron chi connectivity index (χ1n) is 19.3. The number of ether oxygens (including phenoxy) is 2. The Morgan fingerprint density at radius 2 is 1.93 bits per heavy atom. The van der Waals surface area contributed by atoms with Crippen molar-refractivity contribution in [3.8, 4) is 11.5 Å². The minimum atomic E-state index is -1.19. The van der Waals surface area contributed by atoms with Crippen LogP contribution in [0.25, 0.3) is 11.0 Å². The van der Waals surface area contributed by atoms with Crippen molar-refractivity contribution in [1.29, 1.82) is 0 Å². The number of esters is 1. The average Bonchev–Trinajstić information content (AvgIpc) is 3.31. The molecular formula is C43H48N4O7. The van der Waals surface area contributed by atoms with Crippen molar-refractivity contribution in [1.82, 2.24) is 10.6 Å². The van der Waals surface area contributed by atoms with Gasteiger partial charge in [0, 0.05) is 65.3 Å². The van der Waals surface area contributed by atoms with E-state index in [4.69, 9.17) is 25.4 Å². The maximum atomic E-state index is 13.8. The Kier molecular flexibility index (Phi) is 8.06. The molecule has 8 N–H and O–H groups in total. The lowest BCUT2D eigenvalue weighted by Crippen LogP contribution is -2.57. The highest BCUT2D eigenvalue weighted by Gasteiger charge is 2.57. The Bertz CT molecular complexity index is 2310. The molecule has 0 saturated heterocycles. The molecule has 2 bridgehead atoms. The lowest BCUT2D eigenvalue weighted by atomic mass is 9.67. The van der Waals surface area contributed by atoms with Crippen molar-refractivity contribution >= 4 is 16.9 Å². The quantitative estimate of drug-likeness (QED) is 0.182. The van der Waals surface area contributed by atoms with E-state index in [2.05, 4.69) is 28.9 Å². The fourth-order valence-electron chi connectivity index (χ4n) is 10.3. The average molecular weight is 733 g/mol. The summed E-state index contributed by atoms with van der Waals surface area (Å²) in [4.78, 5) is 27.5. The van der Waals surface area contributed by atoms with Crippen LogP contribution in [0.4, 0.5) is 0 Å². The number of aliphatic hydroxyl groups excluding tert-OH is 1. The Balaban J connectivity index is 1.39. The number of allylic oxidation sites excluding steroid dienone is 8. The minimum Gasteiger partial charge on any atom is -0.507 e. The molecule has 1 aromatic heterocycles. The number of fused-ring (bicyclic) bond motifs is 8. The molecule has 54 heavy (non-hydrogen) atoms. The number of carbonyl (C=O) groups excluding carboxylic acids is 1. The van der Waals surface area contributed by atoms with Crippen molar-refractivity contribution < 1.29 is 28.9 Å². The number of nitrogens with two attached hydrogens (primary N) is 2. The Morgan fingerprint density at radius 1 is 1.13 bits per heavy atom. The maximum absolute atomic E-state index is 13.8. The zero-order valence-corrected chi connectivity index (χ0v) is 31.1. The van der Waals surface area contributed by atoms with Crippen molar-refractivity contribution in [3.05, 3.63) is 114 Å². The molecule has 7 aliphatic rings. The van der Waals surface area contributed by atoms with Crippen LogP contribution in [0.5, 0.6) is 11.5 Å². The molecule has 0 radical (unpaired) electrons. The highest BCUT2D eigenvalue weighted by Crippen LogP contribution is 2.62. The number of nitrogens with one attached hydrogen (secondary N) is 2. The van der Waals surface area contributed by atoms with Crippen LogP contribution >= 0.6 is 0 Å². The number of phenols is 1. The number of carbonyl (C=O) groups is 1. The van der Waals surface area contributed by atoms with E-state index in [1.165, 1.54) is 29.2 Å². The predicted octanol–water partition coefficient (Wildman–Crippen LogP) is 5.11. The molecule has 4 aliphatic heterocycles. The number of hydrogen-bond donors (Lipinski definition) is 6. The number of phenolic OH excluding ortho intramolecular Hbond substituents is 1. The molecule has 11 heteroatoms. The van der Waals surface area contributed by atoms with Gasteiger partial charge in [-0.05, 0) is 80.4 Å². The number of rotatable bonds is 3. The fourth-order valence-corrected chi connectivity index (χ4v) is 10.3. The van der Waals surface area contributed by atoms with Crippen molar-refractivity contribution in [2.45, 2.75) is 103 Å². The van der Waals surface area contributed by atoms with E-state index in [1.54, 1.807) is 19.9 Å². The van der Waals surface area contributed by atoms with E-state index < -0.39 is 29.7 Å². The Labute approximate surface area is 313 Å². The second-order valence-electron chi connectivity index (χ2n) is 16.2. The van der Waals surface area contributed by atoms with Gasteiger partial charge >= 0.3 is 5.97 Å². The zero-order chi connectivity index (χ0) is 37.7. The summed E-state index contributed by atoms with van der Waals surface area (Å²) in [7, 11) is 0. The van der Waals surface area contributed by atoms with E-state index in [9.17, 15) is 19.8 Å². The summed E-state index contributed by atoms with van der Waals surface area (Å²) >= 11 is 0. The van der Waals surface area contributed by atoms with Crippen LogP contribution < -0.4 is 32.3 Å². The molecule has 1 fully saturated rings. The smallest absolute Gasteiger partial charge is 0.333 e. The third-order valence-corrected chi connectivity index (χ3v) is 13.2. The summed E-state index contributed by atoms with van der Waals surface area (Å²) < 4.78 is 20.2. The van der Waals surface area contributed by atoms with Crippen LogP contribution in [0.3, 0.4) is 0 Å². The summed E-state index contributed by atoms with van der Waals surface area (Å²) in [6.07, 6.45) is 16.4. The maximum Gasteiger partial charge on any atom is 0.333 e. The molecule has 5 heterocycles. The van der Waals surface area contributed by atoms with Crippen molar-refractivity contribution in [2.24, 2.45) is 22.8 Å². The molecule has 3 aliphatic carbocycles. The van der Waals surface area contributed by atoms with Crippen LogP contribution in [-0.2, 0) is 29.0 Å². The van der Waals surface area contributed by atoms with Gasteiger partial charge in [-0.15, -0.1) is 0 Å². The van der Waals surface area contributed by atoms with Gasteiger partial charge < -0.3 is 46.2 Å². The van der Waals surface area contributed by atoms with Gasteiger partial charge in [-0.25, -0.2) is 4.79 Å². The Hall–Kier alpha value is -5.00. The zero-order valence-electron chi connectivity index (χ0n) is 31.1. The summed E-state index contributed by atoms with van der Waals surface area (Å²) in [5.41, 5.74) is 21.0. The molecule has 9 rings (SSSR count). The van der Waals surface area contributed by atoms with Gasteiger partial charge in [0.25, 0.3) is 0 Å². The SMILES string of the molecule is CC=C(C)C(=O)OC1Cc2c3c(c4oc(CO)cc(=O)c4c2O)CC2=CCNC(N)=C2C2=CC4(CCCCC4)C4=C2C(CC2=CNC(N)C=C2C4)C1(C)O3. The van der Waals surface area contributed by atoms with Crippen LogP contribution in [0.15, 0.2) is 96.2 Å². The summed E-state index contributed by atoms with van der Waals surface area (Å²) in [5.74, 6) is -0.0729. The molecule has 1 spiro atoms. The van der Waals surface area contributed by atoms with Gasteiger partial charge in [0.1, 0.15) is 46.8 Å². The van der Waals surface area contributed by atoms with Gasteiger partial charge in [-0.1, -0.05) is 43.1 Å². The predicted molar refractivity (Wildman–Crippen MR) is 204 cm³/mol. The molecular weight excluding hydrogens is 684 g/mol. The van der Waals surface area contributed by atoms with Gasteiger partial charge in [0.05, 0.1) is 6.17 Å². The summed E-state index contributed by atoms with van der Waals surface area (Å²) in [6.45, 7) is 5.55. The van der Waals surface area contributed by atoms with Crippen LogP contribution in [-0.4, -0.2) is 40.6 Å². The molecule has 0 amide bonds. The fraction of sp³-hybridized carbons (Fsp3) is 0.442. The van der Waals surface area contributed by atoms with Gasteiger partial charge in [-0.2, -0.15) is 0 Å². The number of aromatic hydroxyl groups is 1. The molecule has 4 atom stereocenters. The molecule has 2 aromatic rings. The third-order valence-electron chi connectivity index (χ3n) is 13.2. The van der Waals surface area contributed by atoms with Crippen LogP contribution in [0, 0.1) is 11.3 Å². The van der Waals surface area contributed by atoms with Crippen molar-refractivity contribution in [2.75, 3.05) is 6.54 Å². The summed E-state index contributed by atoms with van der Waals surface area (Å²) in [5, 5.41) is 28.9. The topological polar surface area (TPSA) is 182 Å². The standard InChI is InChI=1S/C43H48N4O7/c1-4-21(2)41(51)53-32-17-26-37(50)36-31(49)16-25(20-48)52-39(36)27-12-22-8-11-46-40(45)34(22)28-18-43(9-6-5-7-10-43)30-13-23-15-33(44)47-19-24(23)14-29(35(28)30)42(32,3)54-38(26)27/h4,8,15-16,18-19,29,32-33,46-48,50H,5-7,9-14,17,20,44-45H2,1-3H3. The summed E-state index contributed by atoms with van der Waals surface area (Å²) in [6, 6.07) is 1.20. The van der Waals surface area contributed by atoms with E-state index in [-0.39, 0.29) is 52.8 Å². The van der Waals surface area contributed by atoms with E-state index in [0.29, 0.717) is 41.2 Å². The van der Waals surface area contributed by atoms with Gasteiger partial charge in [0.15, 0.2) is 11.0 Å². The van der Waals surface area contributed by atoms with Crippen LogP contribution in [0.2, 0.25) is 0 Å². The third kappa shape index (κ3) is 5.07. The Morgan fingerprint density at radius 3 is 2.69 bits per heavy atom. The molecule has 282 valence electrons. The molecule has 1 aromatic carbocycles. The number of hydrogen-bond acceptors (Lipinski definition) is 11. The molecule has 1 saturated carbocycles. The first-order valence-corrected chi connectivity index (χ1v) is 19.3. The number of dihydropyridines is 2. The molecule has 11 nitrogen and oxygen atoms in total. The van der Waals surface area contributed by atoms with E-state index in [1.807, 2.05) is 13.1 Å². The van der Waals surface area contributed by atoms with E-state index >= 15 is 0 Å². The van der Waals surface area contributed by atoms with E-state index in [0.717, 1.165) is 54.4 Å². The van der Waals surface area contributed by atoms with Crippen LogP contribution in [0.1, 0.15) is 82.6 Å². The number of aliphatic hydroxyl groups is 1. The van der Waals surface area contributed by atoms with Gasteiger partial charge in [0.2, 0.25) is 0 Å². The minimum absolute atomic E-state index is 0.00362. The second-order valence-corrected chi connectivity index (χ2v) is 16.2. The highest BCUT2D eigenvalue weighted by atomic mass is 16.6. The first kappa shape index (κ1) is 34.7. The van der Waals surface area contributed by atoms with Crippen molar-refractivity contribution in [3.63, 3.8) is 0 Å². The number of benzene rings is 1. The second kappa shape index (κ2) is 12.5.